The highest BCUT2D eigenvalue weighted by atomic mass is 35.5. The largest absolute Gasteiger partial charge is 0.343 e. The van der Waals surface area contributed by atoms with E-state index in [0.29, 0.717) is 11.0 Å². The van der Waals surface area contributed by atoms with Crippen molar-refractivity contribution in [2.24, 2.45) is 12.1 Å². The molecule has 5 nitrogen and oxygen atoms in total. The highest BCUT2D eigenvalue weighted by Gasteiger charge is 2.14. The molecule has 0 saturated heterocycles. The summed E-state index contributed by atoms with van der Waals surface area (Å²) in [5, 5.41) is 13.6. The fourth-order valence-electron chi connectivity index (χ4n) is 3.04. The summed E-state index contributed by atoms with van der Waals surface area (Å²) in [7, 11) is 2.07. The van der Waals surface area contributed by atoms with E-state index < -0.39 is 0 Å². The summed E-state index contributed by atoms with van der Waals surface area (Å²) >= 11 is 5.76. The van der Waals surface area contributed by atoms with Gasteiger partial charge in [0.15, 0.2) is 11.0 Å². The van der Waals surface area contributed by atoms with Gasteiger partial charge in [0.05, 0.1) is 11.9 Å². The van der Waals surface area contributed by atoms with E-state index in [-0.39, 0.29) is 0 Å². The Morgan fingerprint density at radius 2 is 1.73 bits per heavy atom. The van der Waals surface area contributed by atoms with Gasteiger partial charge in [-0.05, 0) is 23.8 Å². The van der Waals surface area contributed by atoms with E-state index in [1.54, 1.807) is 12.1 Å². The minimum Gasteiger partial charge on any atom is -0.343 e. The number of nitrogens with zero attached hydrogens (tertiary/aromatic N) is 4. The molecule has 0 aliphatic rings. The molecule has 4 rings (SSSR count). The van der Waals surface area contributed by atoms with Crippen LogP contribution < -0.4 is 5.43 Å². The Hall–Kier alpha value is -3.18. The smallest absolute Gasteiger partial charge is 0.168 e. The van der Waals surface area contributed by atoms with Crippen molar-refractivity contribution in [1.82, 2.24) is 14.8 Å². The normalized spacial score (nSPS) is 11.3. The Morgan fingerprint density at radius 3 is 2.50 bits per heavy atom. The van der Waals surface area contributed by atoms with Gasteiger partial charge in [0.2, 0.25) is 0 Å². The van der Waals surface area contributed by atoms with Crippen molar-refractivity contribution < 1.29 is 0 Å². The summed E-state index contributed by atoms with van der Waals surface area (Å²) in [5.74, 6) is 0.534. The maximum atomic E-state index is 5.76. The van der Waals surface area contributed by atoms with E-state index >= 15 is 0 Å². The zero-order valence-electron chi connectivity index (χ0n) is 14.1. The summed E-state index contributed by atoms with van der Waals surface area (Å²) in [6.07, 6.45) is 1.82. The van der Waals surface area contributed by atoms with Crippen LogP contribution in [0.4, 0.5) is 5.82 Å². The van der Waals surface area contributed by atoms with Crippen molar-refractivity contribution >= 4 is 34.5 Å². The fourth-order valence-corrected chi connectivity index (χ4v) is 3.14. The monoisotopic (exact) mass is 361 g/mol. The van der Waals surface area contributed by atoms with Crippen molar-refractivity contribution in [3.63, 3.8) is 0 Å². The second kappa shape index (κ2) is 6.98. The van der Waals surface area contributed by atoms with E-state index in [2.05, 4.69) is 56.6 Å². The van der Waals surface area contributed by atoms with Crippen molar-refractivity contribution in [3.05, 3.63) is 77.4 Å². The Kier molecular flexibility index (Phi) is 4.37. The van der Waals surface area contributed by atoms with Crippen LogP contribution in [0, 0.1) is 0 Å². The molecule has 2 aromatic heterocycles. The summed E-state index contributed by atoms with van der Waals surface area (Å²) in [5.41, 5.74) is 7.35. The lowest BCUT2D eigenvalue weighted by Crippen LogP contribution is -1.97. The van der Waals surface area contributed by atoms with Crippen LogP contribution in [0.15, 0.2) is 71.8 Å². The molecule has 128 valence electrons. The summed E-state index contributed by atoms with van der Waals surface area (Å²) in [6.45, 7) is 0. The van der Waals surface area contributed by atoms with E-state index in [1.807, 2.05) is 36.5 Å². The Bertz CT molecular complexity index is 1070. The van der Waals surface area contributed by atoms with E-state index in [4.69, 9.17) is 11.6 Å². The number of aryl methyl sites for hydroxylation is 1. The number of halogens is 1. The molecule has 26 heavy (non-hydrogen) atoms. The molecule has 0 radical (unpaired) electrons. The number of rotatable bonds is 4. The third kappa shape index (κ3) is 3.05. The van der Waals surface area contributed by atoms with Gasteiger partial charge in [0.25, 0.3) is 0 Å². The van der Waals surface area contributed by atoms with Crippen molar-refractivity contribution in [3.8, 4) is 11.3 Å². The minimum atomic E-state index is 0.347. The van der Waals surface area contributed by atoms with Crippen molar-refractivity contribution in [1.29, 1.82) is 0 Å². The number of hydrogen-bond donors (Lipinski definition) is 1. The van der Waals surface area contributed by atoms with Crippen molar-refractivity contribution in [2.75, 3.05) is 5.43 Å². The molecule has 2 aromatic carbocycles. The molecule has 1 N–H and O–H groups in total. The predicted octanol–water partition coefficient (Wildman–Crippen LogP) is 4.73. The number of benzene rings is 2. The number of hydrogen-bond acceptors (Lipinski definition) is 4. The topological polar surface area (TPSA) is 55.1 Å². The lowest BCUT2D eigenvalue weighted by Gasteiger charge is -2.06. The molecule has 0 aliphatic carbocycles. The number of fused-ring (bicyclic) bond motifs is 1. The number of hydrazone groups is 1. The standard InChI is InChI=1S/C20H16ClN5/c1-26-17-10-6-5-9-15(17)16(20(26)14-7-3-2-4-8-14)13-22-24-19-12-11-18(21)23-25-19/h2-13H,1H3,(H,24,25)/b22-13+. The number of aromatic nitrogens is 3. The molecule has 0 fully saturated rings. The SMILES string of the molecule is Cn1c(-c2ccccc2)c(/C=N/Nc2ccc(Cl)nn2)c2ccccc21. The molecule has 6 heteroatoms. The zero-order valence-corrected chi connectivity index (χ0v) is 14.9. The molecule has 0 unspecified atom stereocenters. The van der Waals surface area contributed by atoms with Gasteiger partial charge in [-0.1, -0.05) is 60.1 Å². The highest BCUT2D eigenvalue weighted by Crippen LogP contribution is 2.31. The highest BCUT2D eigenvalue weighted by molar-refractivity contribution is 6.29. The lowest BCUT2D eigenvalue weighted by molar-refractivity contribution is 0.977. The molecule has 0 spiro atoms. The van der Waals surface area contributed by atoms with Gasteiger partial charge in [0.1, 0.15) is 0 Å². The second-order valence-electron chi connectivity index (χ2n) is 5.82. The van der Waals surface area contributed by atoms with Crippen LogP contribution in [-0.4, -0.2) is 21.0 Å². The quantitative estimate of drug-likeness (QED) is 0.422. The summed E-state index contributed by atoms with van der Waals surface area (Å²) in [4.78, 5) is 0. The predicted molar refractivity (Wildman–Crippen MR) is 107 cm³/mol. The maximum absolute atomic E-state index is 5.76. The first-order chi connectivity index (χ1) is 12.7. The average molecular weight is 362 g/mol. The summed E-state index contributed by atoms with van der Waals surface area (Å²) < 4.78 is 2.19. The molecular weight excluding hydrogens is 346 g/mol. The lowest BCUT2D eigenvalue weighted by atomic mass is 10.1. The van der Waals surface area contributed by atoms with Crippen LogP contribution >= 0.6 is 11.6 Å². The van der Waals surface area contributed by atoms with E-state index in [9.17, 15) is 0 Å². The molecular formula is C20H16ClN5. The summed E-state index contributed by atoms with van der Waals surface area (Å²) in [6, 6.07) is 22.0. The Morgan fingerprint density at radius 1 is 0.962 bits per heavy atom. The maximum Gasteiger partial charge on any atom is 0.168 e. The number of anilines is 1. The van der Waals surface area contributed by atoms with Gasteiger partial charge < -0.3 is 4.57 Å². The molecule has 0 bridgehead atoms. The molecule has 0 amide bonds. The molecule has 2 heterocycles. The average Bonchev–Trinajstić information content (AvgIpc) is 2.96. The molecule has 0 saturated carbocycles. The number of para-hydroxylation sites is 1. The zero-order chi connectivity index (χ0) is 17.9. The third-order valence-corrected chi connectivity index (χ3v) is 4.40. The van der Waals surface area contributed by atoms with Crippen molar-refractivity contribution in [2.45, 2.75) is 0 Å². The van der Waals surface area contributed by atoms with Gasteiger partial charge in [-0.2, -0.15) is 5.10 Å². The van der Waals surface area contributed by atoms with Gasteiger partial charge in [0, 0.05) is 23.5 Å². The van der Waals surface area contributed by atoms with Gasteiger partial charge >= 0.3 is 0 Å². The fraction of sp³-hybridized carbons (Fsp3) is 0.0500. The second-order valence-corrected chi connectivity index (χ2v) is 6.20. The van der Waals surface area contributed by atoms with Gasteiger partial charge in [-0.25, -0.2) is 0 Å². The Labute approximate surface area is 156 Å². The van der Waals surface area contributed by atoms with Crippen LogP contribution in [0.5, 0.6) is 0 Å². The third-order valence-electron chi connectivity index (χ3n) is 4.20. The van der Waals surface area contributed by atoms with Crippen LogP contribution in [0.2, 0.25) is 5.15 Å². The van der Waals surface area contributed by atoms with Gasteiger partial charge in [-0.15, -0.1) is 10.2 Å². The van der Waals surface area contributed by atoms with E-state index in [1.165, 1.54) is 0 Å². The minimum absolute atomic E-state index is 0.347. The van der Waals surface area contributed by atoms with Gasteiger partial charge in [-0.3, -0.25) is 5.43 Å². The van der Waals surface area contributed by atoms with Crippen LogP contribution in [0.25, 0.3) is 22.2 Å². The first kappa shape index (κ1) is 16.3. The number of nitrogens with one attached hydrogen (secondary N) is 1. The molecule has 0 atom stereocenters. The van der Waals surface area contributed by atoms with Crippen LogP contribution in [0.1, 0.15) is 5.56 Å². The van der Waals surface area contributed by atoms with Crippen LogP contribution in [-0.2, 0) is 7.05 Å². The first-order valence-electron chi connectivity index (χ1n) is 8.15. The first-order valence-corrected chi connectivity index (χ1v) is 8.53. The molecule has 4 aromatic rings. The Balaban J connectivity index is 1.78. The van der Waals surface area contributed by atoms with Crippen LogP contribution in [0.3, 0.4) is 0 Å². The molecule has 0 aliphatic heterocycles. The van der Waals surface area contributed by atoms with E-state index in [0.717, 1.165) is 27.7 Å².